The molecule has 0 N–H and O–H groups in total. The van der Waals surface area contributed by atoms with Crippen LogP contribution < -0.4 is 9.47 Å². The summed E-state index contributed by atoms with van der Waals surface area (Å²) in [5.41, 5.74) is -0.106. The Morgan fingerprint density at radius 3 is 1.72 bits per heavy atom. The highest BCUT2D eigenvalue weighted by atomic mass is 16.6. The van der Waals surface area contributed by atoms with Gasteiger partial charge in [-0.15, -0.1) is 0 Å². The molecule has 0 aliphatic carbocycles. The van der Waals surface area contributed by atoms with E-state index in [4.69, 9.17) is 9.47 Å². The SMILES string of the molecule is COC(=O)c1c(OC(C)=O)cccc1OC(C)=O. The largest absolute Gasteiger partial charge is 0.465 e. The first-order valence-corrected chi connectivity index (χ1v) is 5.04. The molecule has 1 rings (SSSR count). The summed E-state index contributed by atoms with van der Waals surface area (Å²) in [7, 11) is 1.17. The molecule has 1 aromatic carbocycles. The highest BCUT2D eigenvalue weighted by Crippen LogP contribution is 2.29. The van der Waals surface area contributed by atoms with Crippen molar-refractivity contribution in [2.75, 3.05) is 7.11 Å². The second kappa shape index (κ2) is 5.81. The van der Waals surface area contributed by atoms with Crippen molar-refractivity contribution >= 4 is 17.9 Å². The molecule has 0 spiro atoms. The van der Waals surface area contributed by atoms with E-state index in [9.17, 15) is 14.4 Å². The van der Waals surface area contributed by atoms with Crippen molar-refractivity contribution < 1.29 is 28.6 Å². The maximum Gasteiger partial charge on any atom is 0.345 e. The van der Waals surface area contributed by atoms with E-state index in [0.29, 0.717) is 0 Å². The van der Waals surface area contributed by atoms with Gasteiger partial charge in [0, 0.05) is 13.8 Å². The molecule has 6 nitrogen and oxygen atoms in total. The number of benzene rings is 1. The highest BCUT2D eigenvalue weighted by Gasteiger charge is 2.21. The van der Waals surface area contributed by atoms with Crippen molar-refractivity contribution in [2.45, 2.75) is 13.8 Å². The van der Waals surface area contributed by atoms with E-state index in [2.05, 4.69) is 4.74 Å². The summed E-state index contributed by atoms with van der Waals surface area (Å²) in [5.74, 6) is -2.00. The molecule has 0 atom stereocenters. The minimum Gasteiger partial charge on any atom is -0.465 e. The van der Waals surface area contributed by atoms with E-state index in [-0.39, 0.29) is 17.1 Å². The van der Waals surface area contributed by atoms with Gasteiger partial charge in [-0.05, 0) is 12.1 Å². The van der Waals surface area contributed by atoms with Crippen LogP contribution in [0.25, 0.3) is 0 Å². The van der Waals surface area contributed by atoms with Gasteiger partial charge in [0.2, 0.25) is 0 Å². The number of rotatable bonds is 3. The molecule has 0 aliphatic heterocycles. The molecule has 0 radical (unpaired) electrons. The van der Waals surface area contributed by atoms with Gasteiger partial charge in [-0.3, -0.25) is 9.59 Å². The van der Waals surface area contributed by atoms with Gasteiger partial charge in [0.25, 0.3) is 0 Å². The number of carbonyl (C=O) groups is 3. The number of ether oxygens (including phenoxy) is 3. The third kappa shape index (κ3) is 3.31. The fraction of sp³-hybridized carbons (Fsp3) is 0.250. The van der Waals surface area contributed by atoms with Crippen LogP contribution in [0.2, 0.25) is 0 Å². The molecule has 0 unspecified atom stereocenters. The predicted octanol–water partition coefficient (Wildman–Crippen LogP) is 1.32. The molecule has 96 valence electrons. The van der Waals surface area contributed by atoms with Gasteiger partial charge in [-0.2, -0.15) is 0 Å². The van der Waals surface area contributed by atoms with Crippen LogP contribution in [-0.4, -0.2) is 25.0 Å². The summed E-state index contributed by atoms with van der Waals surface area (Å²) < 4.78 is 14.3. The van der Waals surface area contributed by atoms with Crippen molar-refractivity contribution in [1.82, 2.24) is 0 Å². The highest BCUT2D eigenvalue weighted by molar-refractivity contribution is 5.97. The predicted molar refractivity (Wildman–Crippen MR) is 60.4 cm³/mol. The lowest BCUT2D eigenvalue weighted by Crippen LogP contribution is -2.12. The first-order chi connectivity index (χ1) is 8.45. The minimum atomic E-state index is -0.761. The van der Waals surface area contributed by atoms with Crippen molar-refractivity contribution in [3.8, 4) is 11.5 Å². The Kier molecular flexibility index (Phi) is 4.42. The van der Waals surface area contributed by atoms with Crippen LogP contribution in [0, 0.1) is 0 Å². The Morgan fingerprint density at radius 2 is 1.39 bits per heavy atom. The number of hydrogen-bond donors (Lipinski definition) is 0. The standard InChI is InChI=1S/C12H12O6/c1-7(13)17-9-5-4-6-10(18-8(2)14)11(9)12(15)16-3/h4-6H,1-3H3. The Bertz CT molecular complexity index is 457. The van der Waals surface area contributed by atoms with Crippen LogP contribution in [0.3, 0.4) is 0 Å². The second-order valence-corrected chi connectivity index (χ2v) is 3.31. The smallest absolute Gasteiger partial charge is 0.345 e. The second-order valence-electron chi connectivity index (χ2n) is 3.31. The number of carbonyl (C=O) groups excluding carboxylic acids is 3. The van der Waals surface area contributed by atoms with Crippen LogP contribution in [0.15, 0.2) is 18.2 Å². The summed E-state index contributed by atoms with van der Waals surface area (Å²) in [6.45, 7) is 2.39. The lowest BCUT2D eigenvalue weighted by Gasteiger charge is -2.11. The molecule has 0 aliphatic rings. The number of hydrogen-bond acceptors (Lipinski definition) is 6. The van der Waals surface area contributed by atoms with Gasteiger partial charge in [-0.25, -0.2) is 4.79 Å². The molecule has 0 aromatic heterocycles. The lowest BCUT2D eigenvalue weighted by molar-refractivity contribution is -0.132. The van der Waals surface area contributed by atoms with Gasteiger partial charge >= 0.3 is 17.9 Å². The van der Waals surface area contributed by atoms with Crippen molar-refractivity contribution in [2.24, 2.45) is 0 Å². The maximum absolute atomic E-state index is 11.6. The molecular weight excluding hydrogens is 240 g/mol. The third-order valence-electron chi connectivity index (χ3n) is 1.88. The normalized spacial score (nSPS) is 9.50. The molecular formula is C12H12O6. The van der Waals surface area contributed by atoms with Crippen molar-refractivity contribution in [1.29, 1.82) is 0 Å². The Balaban J connectivity index is 3.29. The van der Waals surface area contributed by atoms with Crippen molar-refractivity contribution in [3.63, 3.8) is 0 Å². The molecule has 0 heterocycles. The lowest BCUT2D eigenvalue weighted by atomic mass is 10.2. The van der Waals surface area contributed by atoms with E-state index in [1.807, 2.05) is 0 Å². The zero-order valence-electron chi connectivity index (χ0n) is 10.2. The van der Waals surface area contributed by atoms with E-state index < -0.39 is 17.9 Å². The van der Waals surface area contributed by atoms with Crippen LogP contribution >= 0.6 is 0 Å². The van der Waals surface area contributed by atoms with Gasteiger partial charge in [0.15, 0.2) is 0 Å². The molecule has 1 aromatic rings. The fourth-order valence-electron chi connectivity index (χ4n) is 1.29. The molecule has 0 amide bonds. The maximum atomic E-state index is 11.6. The van der Waals surface area contributed by atoms with Gasteiger partial charge in [-0.1, -0.05) is 6.07 Å². The van der Waals surface area contributed by atoms with E-state index in [0.717, 1.165) is 0 Å². The average Bonchev–Trinajstić information content (AvgIpc) is 2.27. The van der Waals surface area contributed by atoms with Crippen LogP contribution in [0.5, 0.6) is 11.5 Å². The summed E-state index contributed by atoms with van der Waals surface area (Å²) in [5, 5.41) is 0. The number of methoxy groups -OCH3 is 1. The minimum absolute atomic E-state index is 0.0203. The summed E-state index contributed by atoms with van der Waals surface area (Å²) >= 11 is 0. The number of esters is 3. The quantitative estimate of drug-likeness (QED) is 0.596. The molecule has 0 bridgehead atoms. The van der Waals surface area contributed by atoms with Crippen molar-refractivity contribution in [3.05, 3.63) is 23.8 Å². The Morgan fingerprint density at radius 1 is 0.944 bits per heavy atom. The van der Waals surface area contributed by atoms with Gasteiger partial charge in [0.1, 0.15) is 17.1 Å². The molecule has 0 saturated heterocycles. The Labute approximate surface area is 103 Å². The first kappa shape index (κ1) is 13.7. The molecule has 0 fully saturated rings. The van der Waals surface area contributed by atoms with E-state index in [1.165, 1.54) is 39.2 Å². The summed E-state index contributed by atoms with van der Waals surface area (Å²) in [6.07, 6.45) is 0. The van der Waals surface area contributed by atoms with E-state index in [1.54, 1.807) is 0 Å². The van der Waals surface area contributed by atoms with E-state index >= 15 is 0 Å². The molecule has 6 heteroatoms. The van der Waals surface area contributed by atoms with Crippen LogP contribution in [0.1, 0.15) is 24.2 Å². The summed E-state index contributed by atoms with van der Waals surface area (Å²) in [4.78, 5) is 33.5. The summed E-state index contributed by atoms with van der Waals surface area (Å²) in [6, 6.07) is 4.30. The topological polar surface area (TPSA) is 78.9 Å². The monoisotopic (exact) mass is 252 g/mol. The average molecular weight is 252 g/mol. The van der Waals surface area contributed by atoms with Gasteiger partial charge < -0.3 is 14.2 Å². The first-order valence-electron chi connectivity index (χ1n) is 5.04. The molecule has 18 heavy (non-hydrogen) atoms. The van der Waals surface area contributed by atoms with Crippen LogP contribution in [0.4, 0.5) is 0 Å². The van der Waals surface area contributed by atoms with Gasteiger partial charge in [0.05, 0.1) is 7.11 Å². The van der Waals surface area contributed by atoms with Crippen LogP contribution in [-0.2, 0) is 14.3 Å². The zero-order valence-corrected chi connectivity index (χ0v) is 10.2. The Hall–Kier alpha value is -2.37. The fourth-order valence-corrected chi connectivity index (χ4v) is 1.29. The zero-order chi connectivity index (χ0) is 13.7. The third-order valence-corrected chi connectivity index (χ3v) is 1.88. The molecule has 0 saturated carbocycles.